The number of hydrogen-bond acceptors (Lipinski definition) is 5. The smallest absolute Gasteiger partial charge is 0.306 e. The van der Waals surface area contributed by atoms with Gasteiger partial charge in [0.25, 0.3) is 0 Å². The first kappa shape index (κ1) is 18.9. The topological polar surface area (TPSA) is 102 Å². The molecule has 0 aliphatic rings. The monoisotopic (exact) mass is 308 g/mol. The minimum Gasteiger partial charge on any atom is -0.460 e. The Morgan fingerprint density at radius 1 is 1.10 bits per heavy atom. The van der Waals surface area contributed by atoms with Crippen LogP contribution in [-0.2, 0) is 24.3 Å². The van der Waals surface area contributed by atoms with E-state index >= 15 is 0 Å². The number of esters is 1. The molecule has 0 bridgehead atoms. The molecule has 1 amide bonds. The van der Waals surface area contributed by atoms with Crippen LogP contribution in [0.4, 0.5) is 0 Å². The summed E-state index contributed by atoms with van der Waals surface area (Å²) in [6.45, 7) is 5.92. The molecular weight excluding hydrogens is 284 g/mol. The van der Waals surface area contributed by atoms with Gasteiger partial charge in [-0.05, 0) is 27.2 Å². The van der Waals surface area contributed by atoms with Gasteiger partial charge in [-0.1, -0.05) is 0 Å². The van der Waals surface area contributed by atoms with Crippen molar-refractivity contribution in [2.24, 2.45) is 0 Å². The molecule has 0 rings (SSSR count). The molecular formula is C12H24N2O5S. The zero-order chi connectivity index (χ0) is 15.8. The molecule has 0 spiro atoms. The number of carbonyl (C=O) groups is 2. The number of rotatable bonds is 8. The Kier molecular flexibility index (Phi) is 7.74. The molecule has 0 saturated heterocycles. The number of amides is 1. The van der Waals surface area contributed by atoms with Crippen LogP contribution < -0.4 is 10.0 Å². The third-order valence-electron chi connectivity index (χ3n) is 2.02. The average molecular weight is 308 g/mol. The number of sulfonamides is 1. The van der Waals surface area contributed by atoms with Crippen LogP contribution in [-0.4, -0.2) is 45.2 Å². The van der Waals surface area contributed by atoms with Gasteiger partial charge in [0.05, 0.1) is 12.7 Å². The van der Waals surface area contributed by atoms with Gasteiger partial charge in [0.1, 0.15) is 5.60 Å². The van der Waals surface area contributed by atoms with Crippen molar-refractivity contribution in [2.75, 3.05) is 19.3 Å². The molecule has 0 radical (unpaired) electrons. The fourth-order valence-corrected chi connectivity index (χ4v) is 1.79. The summed E-state index contributed by atoms with van der Waals surface area (Å²) in [5.41, 5.74) is -0.551. The SMILES string of the molecule is CC(C)(C)OC(=O)CCC(=O)NCCCNS(C)(=O)=O. The minimum atomic E-state index is -3.19. The highest BCUT2D eigenvalue weighted by molar-refractivity contribution is 7.88. The molecule has 0 aliphatic heterocycles. The van der Waals surface area contributed by atoms with E-state index in [1.165, 1.54) is 0 Å². The molecule has 0 fully saturated rings. The van der Waals surface area contributed by atoms with Crippen LogP contribution >= 0.6 is 0 Å². The van der Waals surface area contributed by atoms with Gasteiger partial charge in [-0.25, -0.2) is 13.1 Å². The molecule has 8 heteroatoms. The summed E-state index contributed by atoms with van der Waals surface area (Å²) in [6.07, 6.45) is 1.66. The van der Waals surface area contributed by atoms with Crippen LogP contribution in [0, 0.1) is 0 Å². The van der Waals surface area contributed by atoms with Crippen molar-refractivity contribution in [3.63, 3.8) is 0 Å². The number of ether oxygens (including phenoxy) is 1. The van der Waals surface area contributed by atoms with E-state index in [0.717, 1.165) is 6.26 Å². The largest absolute Gasteiger partial charge is 0.460 e. The van der Waals surface area contributed by atoms with Gasteiger partial charge < -0.3 is 10.1 Å². The molecule has 20 heavy (non-hydrogen) atoms. The van der Waals surface area contributed by atoms with E-state index in [1.54, 1.807) is 20.8 Å². The lowest BCUT2D eigenvalue weighted by molar-refractivity contribution is -0.155. The average Bonchev–Trinajstić information content (AvgIpc) is 2.22. The second-order valence-corrected chi connectivity index (χ2v) is 7.29. The van der Waals surface area contributed by atoms with Crippen molar-refractivity contribution in [1.82, 2.24) is 10.0 Å². The Balaban J connectivity index is 3.67. The molecule has 0 aromatic heterocycles. The highest BCUT2D eigenvalue weighted by Crippen LogP contribution is 2.08. The first-order valence-corrected chi connectivity index (χ1v) is 8.32. The van der Waals surface area contributed by atoms with Crippen LogP contribution in [0.15, 0.2) is 0 Å². The van der Waals surface area contributed by atoms with Gasteiger partial charge in [-0.3, -0.25) is 9.59 Å². The lowest BCUT2D eigenvalue weighted by Gasteiger charge is -2.19. The summed E-state index contributed by atoms with van der Waals surface area (Å²) in [4.78, 5) is 22.8. The zero-order valence-electron chi connectivity index (χ0n) is 12.5. The third-order valence-corrected chi connectivity index (χ3v) is 2.74. The van der Waals surface area contributed by atoms with Gasteiger partial charge >= 0.3 is 5.97 Å². The molecule has 2 N–H and O–H groups in total. The van der Waals surface area contributed by atoms with Crippen molar-refractivity contribution in [3.05, 3.63) is 0 Å². The van der Waals surface area contributed by atoms with E-state index in [0.29, 0.717) is 13.0 Å². The van der Waals surface area contributed by atoms with Crippen LogP contribution in [0.2, 0.25) is 0 Å². The van der Waals surface area contributed by atoms with E-state index in [-0.39, 0.29) is 25.3 Å². The molecule has 0 unspecified atom stereocenters. The van der Waals surface area contributed by atoms with E-state index in [9.17, 15) is 18.0 Å². The standard InChI is InChI=1S/C12H24N2O5S/c1-12(2,3)19-11(16)7-6-10(15)13-8-5-9-14-20(4,17)18/h14H,5-9H2,1-4H3,(H,13,15). The van der Waals surface area contributed by atoms with E-state index in [4.69, 9.17) is 4.74 Å². The van der Waals surface area contributed by atoms with Crippen LogP contribution in [0.5, 0.6) is 0 Å². The number of carbonyl (C=O) groups excluding carboxylic acids is 2. The third kappa shape index (κ3) is 13.3. The molecule has 118 valence electrons. The maximum Gasteiger partial charge on any atom is 0.306 e. The molecule has 7 nitrogen and oxygen atoms in total. The summed E-state index contributed by atoms with van der Waals surface area (Å²) in [5.74, 6) is -0.665. The quantitative estimate of drug-likeness (QED) is 0.491. The maximum atomic E-state index is 11.4. The summed E-state index contributed by atoms with van der Waals surface area (Å²) in [6, 6.07) is 0. The van der Waals surface area contributed by atoms with E-state index in [2.05, 4.69) is 10.0 Å². The molecule has 0 heterocycles. The maximum absolute atomic E-state index is 11.4. The lowest BCUT2D eigenvalue weighted by atomic mass is 10.2. The molecule has 0 aromatic rings. The van der Waals surface area contributed by atoms with Crippen LogP contribution in [0.1, 0.15) is 40.0 Å². The first-order chi connectivity index (χ1) is 8.99. The summed E-state index contributed by atoms with van der Waals surface area (Å²) in [5, 5.41) is 2.61. The van der Waals surface area contributed by atoms with Crippen LogP contribution in [0.25, 0.3) is 0 Å². The second kappa shape index (κ2) is 8.21. The summed E-state index contributed by atoms with van der Waals surface area (Å²) >= 11 is 0. The Labute approximate surface area is 120 Å². The Morgan fingerprint density at radius 2 is 1.70 bits per heavy atom. The zero-order valence-corrected chi connectivity index (χ0v) is 13.3. The first-order valence-electron chi connectivity index (χ1n) is 6.43. The van der Waals surface area contributed by atoms with Crippen molar-refractivity contribution in [2.45, 2.75) is 45.6 Å². The lowest BCUT2D eigenvalue weighted by Crippen LogP contribution is -2.30. The molecule has 0 aliphatic carbocycles. The summed E-state index contributed by atoms with van der Waals surface area (Å²) < 4.78 is 28.9. The van der Waals surface area contributed by atoms with Gasteiger partial charge in [-0.2, -0.15) is 0 Å². The van der Waals surface area contributed by atoms with Gasteiger partial charge in [0.2, 0.25) is 15.9 Å². The fraction of sp³-hybridized carbons (Fsp3) is 0.833. The Morgan fingerprint density at radius 3 is 2.20 bits per heavy atom. The predicted molar refractivity (Wildman–Crippen MR) is 75.6 cm³/mol. The van der Waals surface area contributed by atoms with Gasteiger partial charge in [-0.15, -0.1) is 0 Å². The molecule has 0 saturated carbocycles. The van der Waals surface area contributed by atoms with Gasteiger partial charge in [0.15, 0.2) is 0 Å². The van der Waals surface area contributed by atoms with Gasteiger partial charge in [0, 0.05) is 19.5 Å². The summed E-state index contributed by atoms with van der Waals surface area (Å²) in [7, 11) is -3.19. The Bertz CT molecular complexity index is 426. The van der Waals surface area contributed by atoms with Crippen LogP contribution in [0.3, 0.4) is 0 Å². The normalized spacial score (nSPS) is 12.0. The Hall–Kier alpha value is -1.15. The van der Waals surface area contributed by atoms with Crippen molar-refractivity contribution >= 4 is 21.9 Å². The molecule has 0 atom stereocenters. The molecule has 0 aromatic carbocycles. The van der Waals surface area contributed by atoms with E-state index < -0.39 is 21.6 Å². The highest BCUT2D eigenvalue weighted by atomic mass is 32.2. The number of nitrogens with one attached hydrogen (secondary N) is 2. The van der Waals surface area contributed by atoms with Crippen molar-refractivity contribution in [1.29, 1.82) is 0 Å². The predicted octanol–water partition coefficient (Wildman–Crippen LogP) is 0.164. The number of hydrogen-bond donors (Lipinski definition) is 2. The van der Waals surface area contributed by atoms with E-state index in [1.807, 2.05) is 0 Å². The second-order valence-electron chi connectivity index (χ2n) is 5.46. The fourth-order valence-electron chi connectivity index (χ4n) is 1.27. The van der Waals surface area contributed by atoms with Crippen molar-refractivity contribution < 1.29 is 22.7 Å². The highest BCUT2D eigenvalue weighted by Gasteiger charge is 2.16. The minimum absolute atomic E-state index is 0.0324. The van der Waals surface area contributed by atoms with Crippen molar-refractivity contribution in [3.8, 4) is 0 Å².